The molecule has 0 aromatic carbocycles. The minimum Gasteiger partial charge on any atom is -0.392 e. The van der Waals surface area contributed by atoms with Gasteiger partial charge in [0.1, 0.15) is 5.78 Å². The van der Waals surface area contributed by atoms with E-state index in [9.17, 15) is 20.0 Å². The van der Waals surface area contributed by atoms with Gasteiger partial charge in [0.05, 0.1) is 34.8 Å². The predicted molar refractivity (Wildman–Crippen MR) is 142 cm³/mol. The summed E-state index contributed by atoms with van der Waals surface area (Å²) in [6.45, 7) is 13.2. The molecule has 5 unspecified atom stereocenters. The molecule has 1 amide bonds. The number of ketones is 1. The summed E-state index contributed by atoms with van der Waals surface area (Å²) in [5.74, 6) is -1.87. The second-order valence-electron chi connectivity index (χ2n) is 10.7. The van der Waals surface area contributed by atoms with Gasteiger partial charge in [-0.25, -0.2) is 4.98 Å². The first-order valence-electron chi connectivity index (χ1n) is 12.5. The molecule has 0 radical (unpaired) electrons. The fourth-order valence-electron chi connectivity index (χ4n) is 4.74. The van der Waals surface area contributed by atoms with E-state index in [0.717, 1.165) is 35.5 Å². The maximum atomic E-state index is 13.4. The number of nitrogens with one attached hydrogen (secondary N) is 1. The van der Waals surface area contributed by atoms with E-state index in [-0.39, 0.29) is 30.1 Å². The average molecular weight is 500 g/mol. The number of aryl methyl sites for hydroxylation is 1. The molecule has 0 saturated carbocycles. The minimum atomic E-state index is -1.06. The lowest BCUT2D eigenvalue weighted by atomic mass is 9.69. The number of thiazole rings is 1. The Morgan fingerprint density at radius 1 is 1.31 bits per heavy atom. The first kappa shape index (κ1) is 28.9. The van der Waals surface area contributed by atoms with Gasteiger partial charge in [0.15, 0.2) is 0 Å². The van der Waals surface area contributed by atoms with Crippen LogP contribution in [0.5, 0.6) is 0 Å². The topological polar surface area (TPSA) is 103 Å². The zero-order chi connectivity index (χ0) is 26.3. The van der Waals surface area contributed by atoms with Crippen LogP contribution in [0.15, 0.2) is 22.6 Å². The quantitative estimate of drug-likeness (QED) is 0.514. The number of aliphatic hydroxyl groups excluding tert-OH is 1. The van der Waals surface area contributed by atoms with Gasteiger partial charge in [-0.05, 0) is 64.0 Å². The van der Waals surface area contributed by atoms with E-state index in [1.165, 1.54) is 5.57 Å². The highest BCUT2D eigenvalue weighted by Gasteiger charge is 2.42. The number of amides is 1. The summed E-state index contributed by atoms with van der Waals surface area (Å²) in [4.78, 5) is 31.0. The Kier molecular flexibility index (Phi) is 10.4. The van der Waals surface area contributed by atoms with E-state index in [4.69, 9.17) is 0 Å². The first-order chi connectivity index (χ1) is 16.4. The summed E-state index contributed by atoms with van der Waals surface area (Å²) in [6.07, 6.45) is 6.57. The van der Waals surface area contributed by atoms with Crippen LogP contribution in [0.3, 0.4) is 0 Å². The van der Waals surface area contributed by atoms with Gasteiger partial charge in [0.25, 0.3) is 0 Å². The van der Waals surface area contributed by atoms with Crippen molar-refractivity contribution in [1.82, 2.24) is 10.3 Å². The van der Waals surface area contributed by atoms with Crippen molar-refractivity contribution in [3.63, 3.8) is 0 Å². The second-order valence-corrected chi connectivity index (χ2v) is 11.8. The molecular weight excluding hydrogens is 458 g/mol. The number of hydrogen-bond donors (Lipinski definition) is 2. The summed E-state index contributed by atoms with van der Waals surface area (Å²) >= 11 is 1.58. The summed E-state index contributed by atoms with van der Waals surface area (Å²) in [6, 6.07) is 1.97. The first-order valence-corrected chi connectivity index (χ1v) is 13.4. The van der Waals surface area contributed by atoms with E-state index < -0.39 is 23.4 Å². The largest absolute Gasteiger partial charge is 0.392 e. The molecule has 2 heterocycles. The predicted octanol–water partition coefficient (Wildman–Crippen LogP) is 5.62. The highest BCUT2D eigenvalue weighted by atomic mass is 32.1. The van der Waals surface area contributed by atoms with E-state index in [0.29, 0.717) is 6.42 Å². The molecule has 1 aromatic heterocycles. The molecule has 192 valence electrons. The lowest BCUT2D eigenvalue weighted by molar-refractivity contribution is -0.138. The van der Waals surface area contributed by atoms with Crippen molar-refractivity contribution in [2.45, 2.75) is 92.7 Å². The number of nitrogens with zero attached hydrogens (tertiary/aromatic N) is 2. The summed E-state index contributed by atoms with van der Waals surface area (Å²) in [5, 5.41) is 26.8. The van der Waals surface area contributed by atoms with E-state index in [2.05, 4.69) is 29.4 Å². The second kappa shape index (κ2) is 12.6. The van der Waals surface area contributed by atoms with Crippen molar-refractivity contribution in [1.29, 1.82) is 5.26 Å². The van der Waals surface area contributed by atoms with Crippen molar-refractivity contribution in [2.24, 2.45) is 23.2 Å². The molecule has 2 rings (SSSR count). The Balaban J connectivity index is 2.38. The van der Waals surface area contributed by atoms with Gasteiger partial charge in [-0.2, -0.15) is 5.26 Å². The number of Topliss-reactive ketones (excluding diaryl/α,β-unsaturated/α-hetero) is 1. The van der Waals surface area contributed by atoms with Crippen LogP contribution in [-0.4, -0.2) is 33.9 Å². The number of carbonyl (C=O) groups is 2. The number of rotatable bonds is 2. The third-order valence-corrected chi connectivity index (χ3v) is 8.18. The molecule has 1 aromatic rings. The normalized spacial score (nSPS) is 29.7. The Morgan fingerprint density at radius 2 is 2.00 bits per heavy atom. The molecular formula is C28H41N3O3S. The molecule has 35 heavy (non-hydrogen) atoms. The molecule has 2 N–H and O–H groups in total. The number of allylic oxidation sites excluding steroid dienone is 1. The maximum absolute atomic E-state index is 13.4. The number of nitriles is 1. The average Bonchev–Trinajstić information content (AvgIpc) is 3.21. The van der Waals surface area contributed by atoms with Crippen molar-refractivity contribution in [2.75, 3.05) is 0 Å². The van der Waals surface area contributed by atoms with Gasteiger partial charge in [-0.1, -0.05) is 39.3 Å². The van der Waals surface area contributed by atoms with Crippen LogP contribution in [-0.2, 0) is 9.59 Å². The van der Waals surface area contributed by atoms with Crippen molar-refractivity contribution < 1.29 is 14.7 Å². The summed E-state index contributed by atoms with van der Waals surface area (Å²) in [7, 11) is 0. The molecule has 6 nitrogen and oxygen atoms in total. The van der Waals surface area contributed by atoms with Crippen LogP contribution in [0.1, 0.15) is 84.3 Å². The molecule has 1 aliphatic rings. The fraction of sp³-hybridized carbons (Fsp3) is 0.643. The van der Waals surface area contributed by atoms with Gasteiger partial charge in [0, 0.05) is 23.1 Å². The van der Waals surface area contributed by atoms with Crippen LogP contribution in [0, 0.1) is 41.4 Å². The lowest BCUT2D eigenvalue weighted by Crippen LogP contribution is -2.44. The zero-order valence-electron chi connectivity index (χ0n) is 22.2. The molecule has 0 spiro atoms. The Bertz CT molecular complexity index is 1000. The SMILES string of the molecule is CC1=CCC(C(C)=Cc2csc(C)n2)NC(=O)CC(C#N)C(C)(C)C(=O)C(C)C(O)C(C)CCC1. The fourth-order valence-corrected chi connectivity index (χ4v) is 5.31. The Hall–Kier alpha value is -2.30. The molecule has 0 aliphatic carbocycles. The number of hydrogen-bond acceptors (Lipinski definition) is 6. The number of carbonyl (C=O) groups excluding carboxylic acids is 2. The van der Waals surface area contributed by atoms with Gasteiger partial charge >= 0.3 is 0 Å². The molecule has 0 saturated heterocycles. The van der Waals surface area contributed by atoms with Crippen LogP contribution in [0.4, 0.5) is 0 Å². The Labute approximate surface area is 214 Å². The highest BCUT2D eigenvalue weighted by molar-refractivity contribution is 7.09. The number of aliphatic hydroxyl groups is 1. The molecule has 5 atom stereocenters. The van der Waals surface area contributed by atoms with Crippen LogP contribution in [0.2, 0.25) is 0 Å². The van der Waals surface area contributed by atoms with Crippen LogP contribution >= 0.6 is 11.3 Å². The molecule has 0 bridgehead atoms. The van der Waals surface area contributed by atoms with E-state index >= 15 is 0 Å². The minimum absolute atomic E-state index is 0.0335. The third kappa shape index (κ3) is 7.85. The van der Waals surface area contributed by atoms with Crippen LogP contribution in [0.25, 0.3) is 6.08 Å². The lowest BCUT2D eigenvalue weighted by Gasteiger charge is -2.34. The van der Waals surface area contributed by atoms with E-state index in [1.54, 1.807) is 32.1 Å². The van der Waals surface area contributed by atoms with Gasteiger partial charge in [0.2, 0.25) is 5.91 Å². The van der Waals surface area contributed by atoms with Crippen molar-refractivity contribution in [3.8, 4) is 6.07 Å². The van der Waals surface area contributed by atoms with Crippen LogP contribution < -0.4 is 5.32 Å². The third-order valence-electron chi connectivity index (χ3n) is 7.39. The molecule has 1 aliphatic heterocycles. The zero-order valence-corrected chi connectivity index (χ0v) is 23.0. The molecule has 0 fully saturated rings. The van der Waals surface area contributed by atoms with Gasteiger partial charge < -0.3 is 10.4 Å². The highest BCUT2D eigenvalue weighted by Crippen LogP contribution is 2.35. The van der Waals surface area contributed by atoms with Gasteiger partial charge in [-0.3, -0.25) is 9.59 Å². The standard InChI is InChI=1S/C28H41N3O3S/c1-17-9-8-10-18(2)26(33)20(4)27(34)28(6,7)22(15-29)14-25(32)31-24(12-11-17)19(3)13-23-16-35-21(5)30-23/h11,13,16,18,20,22,24,26,33H,8-10,12,14H2,1-7H3,(H,31,32). The monoisotopic (exact) mass is 499 g/mol. The number of aromatic nitrogens is 1. The summed E-state index contributed by atoms with van der Waals surface area (Å²) in [5.41, 5.74) is 2.03. The Morgan fingerprint density at radius 3 is 2.60 bits per heavy atom. The van der Waals surface area contributed by atoms with E-state index in [1.807, 2.05) is 32.2 Å². The van der Waals surface area contributed by atoms with Crippen molar-refractivity contribution >= 4 is 29.1 Å². The maximum Gasteiger partial charge on any atom is 0.221 e. The smallest absolute Gasteiger partial charge is 0.221 e. The molecule has 7 heteroatoms. The summed E-state index contributed by atoms with van der Waals surface area (Å²) < 4.78 is 0. The van der Waals surface area contributed by atoms with Gasteiger partial charge in [-0.15, -0.1) is 11.3 Å². The van der Waals surface area contributed by atoms with Crippen molar-refractivity contribution in [3.05, 3.63) is 33.3 Å².